The van der Waals surface area contributed by atoms with Crippen LogP contribution in [-0.4, -0.2) is 28.9 Å². The second-order valence-electron chi connectivity index (χ2n) is 9.30. The molecule has 5 nitrogen and oxygen atoms in total. The van der Waals surface area contributed by atoms with Crippen molar-refractivity contribution in [3.8, 4) is 0 Å². The van der Waals surface area contributed by atoms with Crippen molar-refractivity contribution in [1.29, 1.82) is 0 Å². The topological polar surface area (TPSA) is 80.7 Å². The summed E-state index contributed by atoms with van der Waals surface area (Å²) >= 11 is 0. The summed E-state index contributed by atoms with van der Waals surface area (Å²) in [5.74, 6) is -1.87. The van der Waals surface area contributed by atoms with Gasteiger partial charge < -0.3 is 9.84 Å². The van der Waals surface area contributed by atoms with Crippen LogP contribution in [0.3, 0.4) is 0 Å². The predicted molar refractivity (Wildman–Crippen MR) is 94.1 cm³/mol. The molecule has 26 heavy (non-hydrogen) atoms. The molecule has 2 bridgehead atoms. The Morgan fingerprint density at radius 1 is 1.31 bits per heavy atom. The number of fused-ring (bicyclic) bond motifs is 3. The molecular formula is C21H26O5. The van der Waals surface area contributed by atoms with Gasteiger partial charge in [-0.1, -0.05) is 38.5 Å². The normalized spacial score (nSPS) is 42.7. The van der Waals surface area contributed by atoms with Crippen molar-refractivity contribution in [2.24, 2.45) is 28.1 Å². The minimum absolute atomic E-state index is 0.133. The molecule has 140 valence electrons. The molecule has 0 aliphatic heterocycles. The lowest BCUT2D eigenvalue weighted by atomic mass is 9.32. The lowest BCUT2D eigenvalue weighted by Crippen LogP contribution is -2.73. The zero-order chi connectivity index (χ0) is 19.1. The number of ketones is 1. The summed E-state index contributed by atoms with van der Waals surface area (Å²) in [5.41, 5.74) is -0.667. The zero-order valence-corrected chi connectivity index (χ0v) is 15.6. The fourth-order valence-corrected chi connectivity index (χ4v) is 6.83. The highest BCUT2D eigenvalue weighted by molar-refractivity contribution is 6.07. The van der Waals surface area contributed by atoms with E-state index >= 15 is 0 Å². The van der Waals surface area contributed by atoms with Crippen LogP contribution in [0.25, 0.3) is 0 Å². The van der Waals surface area contributed by atoms with Crippen molar-refractivity contribution in [3.05, 3.63) is 23.8 Å². The van der Waals surface area contributed by atoms with E-state index in [-0.39, 0.29) is 23.0 Å². The van der Waals surface area contributed by atoms with Crippen LogP contribution in [0, 0.1) is 28.1 Å². The van der Waals surface area contributed by atoms with E-state index < -0.39 is 28.9 Å². The summed E-state index contributed by atoms with van der Waals surface area (Å²) in [5, 5.41) is 10.4. The quantitative estimate of drug-likeness (QED) is 0.605. The number of hydrogen-bond acceptors (Lipinski definition) is 4. The monoisotopic (exact) mass is 358 g/mol. The smallest absolute Gasteiger partial charge is 0.310 e. The minimum atomic E-state index is -0.959. The highest BCUT2D eigenvalue weighted by atomic mass is 16.5. The van der Waals surface area contributed by atoms with Gasteiger partial charge in [0, 0.05) is 18.4 Å². The molecule has 0 saturated heterocycles. The van der Waals surface area contributed by atoms with Gasteiger partial charge >= 0.3 is 11.9 Å². The van der Waals surface area contributed by atoms with E-state index in [1.165, 1.54) is 6.92 Å². The third kappa shape index (κ3) is 1.84. The van der Waals surface area contributed by atoms with Crippen molar-refractivity contribution in [1.82, 2.24) is 0 Å². The van der Waals surface area contributed by atoms with Crippen LogP contribution in [0.2, 0.25) is 0 Å². The molecule has 0 amide bonds. The maximum Gasteiger partial charge on any atom is 0.310 e. The molecule has 5 rings (SSSR count). The van der Waals surface area contributed by atoms with Gasteiger partial charge in [0.15, 0.2) is 5.78 Å². The van der Waals surface area contributed by atoms with Gasteiger partial charge in [0.05, 0.1) is 10.8 Å². The Morgan fingerprint density at radius 2 is 2.00 bits per heavy atom. The van der Waals surface area contributed by atoms with Crippen molar-refractivity contribution in [2.45, 2.75) is 59.0 Å². The van der Waals surface area contributed by atoms with Crippen molar-refractivity contribution in [3.63, 3.8) is 0 Å². The van der Waals surface area contributed by atoms with E-state index in [9.17, 15) is 19.5 Å². The maximum absolute atomic E-state index is 13.2. The highest BCUT2D eigenvalue weighted by Gasteiger charge is 2.77. The molecular weight excluding hydrogens is 332 g/mol. The van der Waals surface area contributed by atoms with Crippen LogP contribution in [0.5, 0.6) is 0 Å². The Bertz CT molecular complexity index is 775. The maximum atomic E-state index is 13.2. The Labute approximate surface area is 153 Å². The van der Waals surface area contributed by atoms with E-state index in [1.54, 1.807) is 6.08 Å². The highest BCUT2D eigenvalue weighted by Crippen LogP contribution is 2.74. The van der Waals surface area contributed by atoms with E-state index in [0.717, 1.165) is 18.4 Å². The fourth-order valence-electron chi connectivity index (χ4n) is 6.83. The number of carbonyl (C=O) groups excluding carboxylic acids is 2. The number of esters is 1. The van der Waals surface area contributed by atoms with Gasteiger partial charge in [0.2, 0.25) is 0 Å². The number of carboxylic acids is 1. The SMILES string of the molecule is C=C1C=C2C[C@@]3(C1=O)C2[C@]1(C(=O)O)CCCC(C)(C)C1C[C@H]3OC(C)=O. The molecule has 5 aliphatic rings. The zero-order valence-electron chi connectivity index (χ0n) is 15.6. The van der Waals surface area contributed by atoms with Gasteiger partial charge in [-0.3, -0.25) is 14.4 Å². The summed E-state index contributed by atoms with van der Waals surface area (Å²) in [6.45, 7) is 9.44. The molecule has 3 fully saturated rings. The fraction of sp³-hybridized carbons (Fsp3) is 0.667. The minimum Gasteiger partial charge on any atom is -0.481 e. The number of rotatable bonds is 2. The first-order chi connectivity index (χ1) is 12.1. The molecule has 1 N–H and O–H groups in total. The lowest BCUT2D eigenvalue weighted by molar-refractivity contribution is -0.227. The summed E-state index contributed by atoms with van der Waals surface area (Å²) in [6.07, 6.45) is 4.50. The number of ether oxygens (including phenoxy) is 1. The van der Waals surface area contributed by atoms with Gasteiger partial charge in [-0.25, -0.2) is 0 Å². The van der Waals surface area contributed by atoms with Gasteiger partial charge in [-0.15, -0.1) is 0 Å². The molecule has 0 heterocycles. The van der Waals surface area contributed by atoms with Crippen LogP contribution < -0.4 is 0 Å². The van der Waals surface area contributed by atoms with Crippen LogP contribution in [0.15, 0.2) is 23.8 Å². The van der Waals surface area contributed by atoms with Crippen molar-refractivity contribution < 1.29 is 24.2 Å². The van der Waals surface area contributed by atoms with Crippen molar-refractivity contribution in [2.75, 3.05) is 0 Å². The van der Waals surface area contributed by atoms with Crippen LogP contribution in [0.4, 0.5) is 0 Å². The number of aliphatic carboxylic acids is 1. The molecule has 0 aromatic carbocycles. The van der Waals surface area contributed by atoms with E-state index in [4.69, 9.17) is 4.74 Å². The third-order valence-corrected chi connectivity index (χ3v) is 7.68. The van der Waals surface area contributed by atoms with Crippen LogP contribution >= 0.6 is 0 Å². The van der Waals surface area contributed by atoms with Gasteiger partial charge in [0.25, 0.3) is 0 Å². The summed E-state index contributed by atoms with van der Waals surface area (Å²) in [7, 11) is 0. The first-order valence-corrected chi connectivity index (χ1v) is 9.42. The molecule has 0 radical (unpaired) electrons. The van der Waals surface area contributed by atoms with Gasteiger partial charge in [-0.05, 0) is 37.0 Å². The van der Waals surface area contributed by atoms with Gasteiger partial charge in [-0.2, -0.15) is 0 Å². The molecule has 3 saturated carbocycles. The third-order valence-electron chi connectivity index (χ3n) is 7.68. The van der Waals surface area contributed by atoms with E-state index in [2.05, 4.69) is 20.4 Å². The first-order valence-electron chi connectivity index (χ1n) is 9.42. The summed E-state index contributed by atoms with van der Waals surface area (Å²) in [6, 6.07) is 0. The number of carbonyl (C=O) groups is 3. The summed E-state index contributed by atoms with van der Waals surface area (Å²) < 4.78 is 5.67. The molecule has 5 atom stereocenters. The second-order valence-corrected chi connectivity index (χ2v) is 9.30. The first kappa shape index (κ1) is 17.5. The number of carboxylic acid groups (broad SMARTS) is 1. The lowest BCUT2D eigenvalue weighted by Gasteiger charge is -2.69. The van der Waals surface area contributed by atoms with Gasteiger partial charge in [0.1, 0.15) is 6.10 Å². The van der Waals surface area contributed by atoms with E-state index in [0.29, 0.717) is 24.8 Å². The molecule has 0 aromatic rings. The number of allylic oxidation sites excluding steroid dienone is 3. The average Bonchev–Trinajstić information content (AvgIpc) is 2.50. The Morgan fingerprint density at radius 3 is 2.62 bits per heavy atom. The van der Waals surface area contributed by atoms with Crippen LogP contribution in [-0.2, 0) is 19.1 Å². The molecule has 1 spiro atoms. The summed E-state index contributed by atoms with van der Waals surface area (Å²) in [4.78, 5) is 37.6. The van der Waals surface area contributed by atoms with E-state index in [1.807, 2.05) is 0 Å². The molecule has 5 heteroatoms. The average molecular weight is 358 g/mol. The van der Waals surface area contributed by atoms with Crippen molar-refractivity contribution >= 4 is 17.7 Å². The Balaban J connectivity index is 1.93. The molecule has 5 aliphatic carbocycles. The Kier molecular flexibility index (Phi) is 3.42. The number of Topliss-reactive ketones (excluding diaryl/α,β-unsaturated/α-hetero) is 1. The Hall–Kier alpha value is -1.91. The predicted octanol–water partition coefficient (Wildman–Crippen LogP) is 3.29. The number of hydrogen-bond donors (Lipinski definition) is 1. The standard InChI is InChI=1S/C21H26O5/c1-11-8-13-10-21(17(11)23)15(26-12(2)22)9-14-19(3,4)6-5-7-20(14,16(13)21)18(24)25/h8,14-16H,1,5-7,9-10H2,2-4H3,(H,24,25)/t14?,15-,16?,20+,21+/m1/s1. The second kappa shape index (κ2) is 5.08. The molecule has 0 aromatic heterocycles. The largest absolute Gasteiger partial charge is 0.481 e. The van der Waals surface area contributed by atoms with Crippen LogP contribution in [0.1, 0.15) is 52.9 Å². The molecule has 2 unspecified atom stereocenters.